The summed E-state index contributed by atoms with van der Waals surface area (Å²) >= 11 is 16.1. The fourth-order valence-electron chi connectivity index (χ4n) is 2.61. The van der Waals surface area contributed by atoms with Crippen molar-refractivity contribution >= 4 is 79.7 Å². The summed E-state index contributed by atoms with van der Waals surface area (Å²) in [7, 11) is 0. The maximum atomic E-state index is 12.7. The number of nitrogens with zero attached hydrogens (tertiary/aromatic N) is 1. The second kappa shape index (κ2) is 9.87. The minimum Gasteiger partial charge on any atom is -0.493 e. The van der Waals surface area contributed by atoms with E-state index in [1.165, 1.54) is 6.08 Å². The maximum Gasteiger partial charge on any atom is 0.294 e. The third-order valence-electron chi connectivity index (χ3n) is 3.94. The van der Waals surface area contributed by atoms with Crippen LogP contribution in [0.5, 0.6) is 5.75 Å². The van der Waals surface area contributed by atoms with Crippen molar-refractivity contribution < 1.29 is 19.1 Å². The molecule has 2 aromatic rings. The molecule has 0 aliphatic carbocycles. The summed E-state index contributed by atoms with van der Waals surface area (Å²) in [6.07, 6.45) is 1.54. The first kappa shape index (κ1) is 22.7. The Hall–Kier alpha value is -2.00. The Morgan fingerprint density at radius 3 is 2.70 bits per heavy atom. The van der Waals surface area contributed by atoms with Gasteiger partial charge < -0.3 is 10.1 Å². The Balaban J connectivity index is 1.74. The molecule has 1 N–H and O–H groups in total. The predicted molar refractivity (Wildman–Crippen MR) is 123 cm³/mol. The number of ether oxygens (including phenoxy) is 1. The summed E-state index contributed by atoms with van der Waals surface area (Å²) in [6.45, 7) is 1.86. The topological polar surface area (TPSA) is 75.7 Å². The van der Waals surface area contributed by atoms with Crippen LogP contribution in [0, 0.1) is 0 Å². The van der Waals surface area contributed by atoms with E-state index in [1.807, 2.05) is 6.92 Å². The highest BCUT2D eigenvalue weighted by Crippen LogP contribution is 2.35. The SMILES string of the molecule is CCOc1ccc(Cl)cc1/C=C1/SC(=O)N(CC(=O)Nc2ccc(Br)c(Cl)c2)C1=O. The summed E-state index contributed by atoms with van der Waals surface area (Å²) in [4.78, 5) is 38.4. The lowest BCUT2D eigenvalue weighted by atomic mass is 10.2. The zero-order valence-electron chi connectivity index (χ0n) is 15.6. The number of hydrogen-bond donors (Lipinski definition) is 1. The molecular weight excluding hydrogens is 515 g/mol. The molecule has 30 heavy (non-hydrogen) atoms. The van der Waals surface area contributed by atoms with Crippen molar-refractivity contribution in [3.8, 4) is 5.75 Å². The molecule has 0 radical (unpaired) electrons. The van der Waals surface area contributed by atoms with Crippen LogP contribution in [0.4, 0.5) is 10.5 Å². The van der Waals surface area contributed by atoms with Crippen molar-refractivity contribution in [2.24, 2.45) is 0 Å². The van der Waals surface area contributed by atoms with Crippen molar-refractivity contribution in [1.82, 2.24) is 4.90 Å². The molecule has 1 heterocycles. The highest BCUT2D eigenvalue weighted by Gasteiger charge is 2.36. The normalized spacial score (nSPS) is 15.1. The van der Waals surface area contributed by atoms with Crippen molar-refractivity contribution in [3.05, 3.63) is 61.4 Å². The summed E-state index contributed by atoms with van der Waals surface area (Å²) in [6, 6.07) is 9.90. The van der Waals surface area contributed by atoms with Gasteiger partial charge in [0.05, 0.1) is 16.5 Å². The smallest absolute Gasteiger partial charge is 0.294 e. The Morgan fingerprint density at radius 1 is 1.23 bits per heavy atom. The molecule has 2 aromatic carbocycles. The van der Waals surface area contributed by atoms with E-state index in [1.54, 1.807) is 36.4 Å². The van der Waals surface area contributed by atoms with Gasteiger partial charge in [-0.05, 0) is 77.1 Å². The number of nitrogens with one attached hydrogen (secondary N) is 1. The van der Waals surface area contributed by atoms with Gasteiger partial charge >= 0.3 is 0 Å². The van der Waals surface area contributed by atoms with Gasteiger partial charge in [0.25, 0.3) is 11.1 Å². The van der Waals surface area contributed by atoms with E-state index in [0.717, 1.165) is 16.7 Å². The second-order valence-electron chi connectivity index (χ2n) is 6.06. The van der Waals surface area contributed by atoms with Crippen molar-refractivity contribution in [2.75, 3.05) is 18.5 Å². The molecule has 6 nitrogen and oxygen atoms in total. The number of rotatable bonds is 6. The van der Waals surface area contributed by atoms with Crippen LogP contribution in [0.3, 0.4) is 0 Å². The Kier molecular flexibility index (Phi) is 7.46. The summed E-state index contributed by atoms with van der Waals surface area (Å²) in [5, 5.41) is 2.98. The molecular formula is C20H15BrCl2N2O4S. The van der Waals surface area contributed by atoms with Gasteiger partial charge in [0, 0.05) is 20.7 Å². The van der Waals surface area contributed by atoms with Crippen LogP contribution in [0.15, 0.2) is 45.8 Å². The maximum absolute atomic E-state index is 12.7. The lowest BCUT2D eigenvalue weighted by Crippen LogP contribution is -2.36. The van der Waals surface area contributed by atoms with Crippen molar-refractivity contribution in [1.29, 1.82) is 0 Å². The fourth-order valence-corrected chi connectivity index (χ4v) is 4.05. The standard InChI is InChI=1S/C20H15BrCl2N2O4S/c1-2-29-16-6-3-12(22)7-11(16)8-17-19(27)25(20(28)30-17)10-18(26)24-13-4-5-14(21)15(23)9-13/h3-9H,2,10H2,1H3,(H,24,26)/b17-8+. The van der Waals surface area contributed by atoms with Crippen LogP contribution >= 0.6 is 50.9 Å². The first-order chi connectivity index (χ1) is 14.3. The van der Waals surface area contributed by atoms with E-state index in [9.17, 15) is 14.4 Å². The second-order valence-corrected chi connectivity index (χ2v) is 8.75. The summed E-state index contributed by atoms with van der Waals surface area (Å²) in [5.74, 6) is -0.537. The van der Waals surface area contributed by atoms with E-state index < -0.39 is 23.6 Å². The molecule has 3 rings (SSSR count). The summed E-state index contributed by atoms with van der Waals surface area (Å²) < 4.78 is 6.23. The molecule has 0 atom stereocenters. The Morgan fingerprint density at radius 2 is 2.00 bits per heavy atom. The third kappa shape index (κ3) is 5.37. The van der Waals surface area contributed by atoms with Gasteiger partial charge in [0.1, 0.15) is 12.3 Å². The van der Waals surface area contributed by atoms with Gasteiger partial charge in [-0.1, -0.05) is 23.2 Å². The van der Waals surface area contributed by atoms with Crippen LogP contribution in [-0.4, -0.2) is 35.1 Å². The molecule has 1 aliphatic rings. The molecule has 156 valence electrons. The largest absolute Gasteiger partial charge is 0.493 e. The molecule has 10 heteroatoms. The molecule has 0 aromatic heterocycles. The number of imide groups is 1. The minimum absolute atomic E-state index is 0.183. The van der Waals surface area contributed by atoms with Gasteiger partial charge in [0.2, 0.25) is 5.91 Å². The molecule has 1 aliphatic heterocycles. The van der Waals surface area contributed by atoms with E-state index in [4.69, 9.17) is 27.9 Å². The summed E-state index contributed by atoms with van der Waals surface area (Å²) in [5.41, 5.74) is 1.03. The number of carbonyl (C=O) groups excluding carboxylic acids is 3. The number of anilines is 1. The quantitative estimate of drug-likeness (QED) is 0.476. The Bertz CT molecular complexity index is 1060. The number of carbonyl (C=O) groups is 3. The first-order valence-electron chi connectivity index (χ1n) is 8.71. The molecule has 0 saturated carbocycles. The highest BCUT2D eigenvalue weighted by molar-refractivity contribution is 9.10. The zero-order valence-corrected chi connectivity index (χ0v) is 19.5. The van der Waals surface area contributed by atoms with Gasteiger partial charge in [-0.2, -0.15) is 0 Å². The van der Waals surface area contributed by atoms with Crippen LogP contribution in [0.2, 0.25) is 10.0 Å². The average molecular weight is 530 g/mol. The van der Waals surface area contributed by atoms with Crippen LogP contribution in [-0.2, 0) is 9.59 Å². The molecule has 0 unspecified atom stereocenters. The predicted octanol–water partition coefficient (Wildman–Crippen LogP) is 5.83. The highest BCUT2D eigenvalue weighted by atomic mass is 79.9. The number of benzene rings is 2. The monoisotopic (exact) mass is 528 g/mol. The van der Waals surface area contributed by atoms with Crippen LogP contribution < -0.4 is 10.1 Å². The van der Waals surface area contributed by atoms with E-state index >= 15 is 0 Å². The minimum atomic E-state index is -0.559. The van der Waals surface area contributed by atoms with Gasteiger partial charge in [-0.3, -0.25) is 19.3 Å². The van der Waals surface area contributed by atoms with E-state index in [2.05, 4.69) is 21.2 Å². The number of amides is 3. The fraction of sp³-hybridized carbons (Fsp3) is 0.150. The number of hydrogen-bond acceptors (Lipinski definition) is 5. The van der Waals surface area contributed by atoms with Gasteiger partial charge in [0.15, 0.2) is 0 Å². The van der Waals surface area contributed by atoms with E-state index in [-0.39, 0.29) is 4.91 Å². The van der Waals surface area contributed by atoms with Crippen molar-refractivity contribution in [2.45, 2.75) is 6.92 Å². The molecule has 0 bridgehead atoms. The van der Waals surface area contributed by atoms with E-state index in [0.29, 0.717) is 38.1 Å². The molecule has 3 amide bonds. The Labute approximate surface area is 195 Å². The van der Waals surface area contributed by atoms with Crippen LogP contribution in [0.1, 0.15) is 12.5 Å². The average Bonchev–Trinajstić information content (AvgIpc) is 2.94. The number of halogens is 3. The zero-order chi connectivity index (χ0) is 21.8. The lowest BCUT2D eigenvalue weighted by molar-refractivity contribution is -0.127. The first-order valence-corrected chi connectivity index (χ1v) is 11.1. The third-order valence-corrected chi connectivity index (χ3v) is 6.31. The van der Waals surface area contributed by atoms with Gasteiger partial charge in [-0.25, -0.2) is 0 Å². The lowest BCUT2D eigenvalue weighted by Gasteiger charge is -2.13. The molecule has 1 saturated heterocycles. The van der Waals surface area contributed by atoms with Crippen LogP contribution in [0.25, 0.3) is 6.08 Å². The number of thioether (sulfide) groups is 1. The molecule has 0 spiro atoms. The van der Waals surface area contributed by atoms with Crippen molar-refractivity contribution in [3.63, 3.8) is 0 Å². The van der Waals surface area contributed by atoms with Gasteiger partial charge in [-0.15, -0.1) is 0 Å². The molecule has 1 fully saturated rings.